The van der Waals surface area contributed by atoms with E-state index in [0.29, 0.717) is 5.75 Å². The normalized spacial score (nSPS) is 11.6. The first-order valence-electron chi connectivity index (χ1n) is 5.34. The van der Waals surface area contributed by atoms with Crippen LogP contribution in [-0.4, -0.2) is 0 Å². The third-order valence-electron chi connectivity index (χ3n) is 2.41. The molecule has 0 amide bonds. The summed E-state index contributed by atoms with van der Waals surface area (Å²) in [5.74, 6) is 1.28. The van der Waals surface area contributed by atoms with Gasteiger partial charge in [0.2, 0.25) is 0 Å². The van der Waals surface area contributed by atoms with E-state index in [2.05, 4.69) is 5.92 Å². The van der Waals surface area contributed by atoms with Crippen molar-refractivity contribution in [1.82, 2.24) is 0 Å². The zero-order valence-corrected chi connectivity index (χ0v) is 9.44. The van der Waals surface area contributed by atoms with Crippen LogP contribution in [0.5, 0.6) is 5.75 Å². The number of ether oxygens (including phenoxy) is 1. The second kappa shape index (κ2) is 5.33. The Hall–Kier alpha value is -2.34. The monoisotopic (exact) mass is 244 g/mol. The van der Waals surface area contributed by atoms with E-state index in [0.717, 1.165) is 12.1 Å². The van der Waals surface area contributed by atoms with Crippen LogP contribution >= 0.6 is 0 Å². The van der Waals surface area contributed by atoms with Crippen LogP contribution in [-0.2, 0) is 0 Å². The number of halogens is 2. The average Bonchev–Trinajstić information content (AvgIpc) is 2.38. The highest BCUT2D eigenvalue weighted by molar-refractivity contribution is 5.30. The lowest BCUT2D eigenvalue weighted by molar-refractivity contribution is 0.252. The molecule has 1 unspecified atom stereocenters. The number of benzene rings is 2. The van der Waals surface area contributed by atoms with Crippen molar-refractivity contribution in [2.24, 2.45) is 0 Å². The Morgan fingerprint density at radius 3 is 2.11 bits per heavy atom. The second-order valence-electron chi connectivity index (χ2n) is 3.61. The zero-order valence-electron chi connectivity index (χ0n) is 9.44. The molecule has 0 aliphatic heterocycles. The number of para-hydroxylation sites is 1. The Kier molecular flexibility index (Phi) is 3.59. The van der Waals surface area contributed by atoms with Crippen molar-refractivity contribution in [2.45, 2.75) is 6.10 Å². The molecule has 0 aliphatic carbocycles. The maximum Gasteiger partial charge on any atom is 0.189 e. The molecular weight excluding hydrogens is 234 g/mol. The molecule has 0 aliphatic rings. The lowest BCUT2D eigenvalue weighted by Gasteiger charge is -2.15. The van der Waals surface area contributed by atoms with Crippen molar-refractivity contribution in [3.05, 3.63) is 65.7 Å². The van der Waals surface area contributed by atoms with Gasteiger partial charge < -0.3 is 4.74 Å². The third-order valence-corrected chi connectivity index (χ3v) is 2.41. The molecule has 2 aromatic carbocycles. The Bertz CT molecular complexity index is 553. The molecule has 0 aromatic heterocycles. The van der Waals surface area contributed by atoms with E-state index in [-0.39, 0.29) is 5.56 Å². The van der Waals surface area contributed by atoms with E-state index in [1.165, 1.54) is 6.07 Å². The van der Waals surface area contributed by atoms with E-state index in [1.54, 1.807) is 30.3 Å². The number of hydrogen-bond acceptors (Lipinski definition) is 1. The average molecular weight is 244 g/mol. The molecule has 3 heteroatoms. The molecule has 0 saturated carbocycles. The van der Waals surface area contributed by atoms with Crippen LogP contribution in [0.15, 0.2) is 48.5 Å². The second-order valence-corrected chi connectivity index (χ2v) is 3.61. The van der Waals surface area contributed by atoms with Gasteiger partial charge in [-0.15, -0.1) is 6.42 Å². The van der Waals surface area contributed by atoms with E-state index >= 15 is 0 Å². The summed E-state index contributed by atoms with van der Waals surface area (Å²) < 4.78 is 32.5. The molecule has 0 saturated heterocycles. The van der Waals surface area contributed by atoms with E-state index < -0.39 is 17.7 Å². The SMILES string of the molecule is C#CC(Oc1ccccc1)c1c(F)cccc1F. The fourth-order valence-electron chi connectivity index (χ4n) is 1.57. The Morgan fingerprint density at radius 1 is 0.944 bits per heavy atom. The van der Waals surface area contributed by atoms with Crippen molar-refractivity contribution >= 4 is 0 Å². The quantitative estimate of drug-likeness (QED) is 0.748. The molecule has 0 bridgehead atoms. The van der Waals surface area contributed by atoms with Crippen molar-refractivity contribution in [3.8, 4) is 18.1 Å². The highest BCUT2D eigenvalue weighted by Gasteiger charge is 2.19. The Balaban J connectivity index is 2.33. The zero-order chi connectivity index (χ0) is 13.0. The van der Waals surface area contributed by atoms with Gasteiger partial charge in [-0.2, -0.15) is 0 Å². The summed E-state index contributed by atoms with van der Waals surface area (Å²) in [7, 11) is 0. The van der Waals surface area contributed by atoms with Gasteiger partial charge in [0, 0.05) is 0 Å². The van der Waals surface area contributed by atoms with Gasteiger partial charge in [-0.1, -0.05) is 30.2 Å². The summed E-state index contributed by atoms with van der Waals surface area (Å²) in [6.07, 6.45) is 4.19. The molecule has 0 fully saturated rings. The van der Waals surface area contributed by atoms with Gasteiger partial charge in [0.15, 0.2) is 6.10 Å². The maximum absolute atomic E-state index is 13.6. The highest BCUT2D eigenvalue weighted by atomic mass is 19.1. The largest absolute Gasteiger partial charge is 0.473 e. The van der Waals surface area contributed by atoms with Gasteiger partial charge in [-0.25, -0.2) is 8.78 Å². The molecule has 90 valence electrons. The molecule has 1 atom stereocenters. The summed E-state index contributed by atoms with van der Waals surface area (Å²) in [6.45, 7) is 0. The maximum atomic E-state index is 13.6. The first kappa shape index (κ1) is 12.1. The minimum absolute atomic E-state index is 0.246. The molecule has 0 N–H and O–H groups in total. The van der Waals surface area contributed by atoms with Crippen LogP contribution < -0.4 is 4.74 Å². The molecule has 1 nitrogen and oxygen atoms in total. The minimum atomic E-state index is -1.09. The van der Waals surface area contributed by atoms with E-state index in [9.17, 15) is 8.78 Å². The van der Waals surface area contributed by atoms with Crippen molar-refractivity contribution in [2.75, 3.05) is 0 Å². The number of terminal acetylenes is 1. The molecule has 2 rings (SSSR count). The molecule has 18 heavy (non-hydrogen) atoms. The predicted octanol–water partition coefficient (Wildman–Crippen LogP) is 3.72. The van der Waals surface area contributed by atoms with Crippen LogP contribution in [0.1, 0.15) is 11.7 Å². The van der Waals surface area contributed by atoms with Crippen LogP contribution in [0, 0.1) is 24.0 Å². The van der Waals surface area contributed by atoms with Crippen molar-refractivity contribution in [3.63, 3.8) is 0 Å². The van der Waals surface area contributed by atoms with Gasteiger partial charge in [-0.05, 0) is 24.3 Å². The van der Waals surface area contributed by atoms with Crippen LogP contribution in [0.2, 0.25) is 0 Å². The smallest absolute Gasteiger partial charge is 0.189 e. The summed E-state index contributed by atoms with van der Waals surface area (Å²) >= 11 is 0. The lowest BCUT2D eigenvalue weighted by Crippen LogP contribution is -2.09. The van der Waals surface area contributed by atoms with Crippen molar-refractivity contribution < 1.29 is 13.5 Å². The number of rotatable bonds is 3. The predicted molar refractivity (Wildman–Crippen MR) is 65.0 cm³/mol. The summed E-state index contributed by atoms with van der Waals surface area (Å²) in [4.78, 5) is 0. The molecule has 0 heterocycles. The summed E-state index contributed by atoms with van der Waals surface area (Å²) in [6, 6.07) is 12.2. The van der Waals surface area contributed by atoms with Crippen LogP contribution in [0.4, 0.5) is 8.78 Å². The first-order chi connectivity index (χ1) is 8.72. The molecule has 0 radical (unpaired) electrons. The standard InChI is InChI=1S/C15H10F2O/c1-2-14(18-11-7-4-3-5-8-11)15-12(16)9-6-10-13(15)17/h1,3-10,14H. The van der Waals surface area contributed by atoms with Crippen LogP contribution in [0.3, 0.4) is 0 Å². The van der Waals surface area contributed by atoms with Crippen LogP contribution in [0.25, 0.3) is 0 Å². The number of hydrogen-bond donors (Lipinski definition) is 0. The molecular formula is C15H10F2O. The Morgan fingerprint density at radius 2 is 1.56 bits per heavy atom. The van der Waals surface area contributed by atoms with E-state index in [4.69, 9.17) is 11.2 Å². The fraction of sp³-hybridized carbons (Fsp3) is 0.0667. The minimum Gasteiger partial charge on any atom is -0.473 e. The van der Waals surface area contributed by atoms with Gasteiger partial charge in [0.1, 0.15) is 17.4 Å². The lowest BCUT2D eigenvalue weighted by atomic mass is 10.1. The summed E-state index contributed by atoms with van der Waals surface area (Å²) in [5.41, 5.74) is -0.246. The fourth-order valence-corrected chi connectivity index (χ4v) is 1.57. The van der Waals surface area contributed by atoms with Gasteiger partial charge in [0.05, 0.1) is 5.56 Å². The highest BCUT2D eigenvalue weighted by Crippen LogP contribution is 2.25. The third kappa shape index (κ3) is 2.49. The molecule has 0 spiro atoms. The molecule has 2 aromatic rings. The topological polar surface area (TPSA) is 9.23 Å². The van der Waals surface area contributed by atoms with E-state index in [1.807, 2.05) is 0 Å². The van der Waals surface area contributed by atoms with Gasteiger partial charge in [0.25, 0.3) is 0 Å². The van der Waals surface area contributed by atoms with Crippen molar-refractivity contribution in [1.29, 1.82) is 0 Å². The Labute approximate surface area is 104 Å². The van der Waals surface area contributed by atoms with Gasteiger partial charge >= 0.3 is 0 Å². The summed E-state index contributed by atoms with van der Waals surface area (Å²) in [5, 5.41) is 0. The van der Waals surface area contributed by atoms with Gasteiger partial charge in [-0.3, -0.25) is 0 Å². The first-order valence-corrected chi connectivity index (χ1v) is 5.34.